The molecule has 1 aromatic carbocycles. The van der Waals surface area contributed by atoms with Crippen molar-refractivity contribution in [2.45, 2.75) is 31.0 Å². The van der Waals surface area contributed by atoms with E-state index in [0.717, 1.165) is 0 Å². The highest BCUT2D eigenvalue weighted by atomic mass is 16.4. The van der Waals surface area contributed by atoms with Gasteiger partial charge in [0.1, 0.15) is 34.4 Å². The van der Waals surface area contributed by atoms with Gasteiger partial charge in [-0.2, -0.15) is 0 Å². The molecule has 1 heterocycles. The van der Waals surface area contributed by atoms with E-state index >= 15 is 0 Å². The Kier molecular flexibility index (Phi) is 6.99. The molecule has 5 rings (SSSR count). The fourth-order valence-corrected chi connectivity index (χ4v) is 6.81. The van der Waals surface area contributed by atoms with Gasteiger partial charge >= 0.3 is 0 Å². The van der Waals surface area contributed by atoms with Crippen molar-refractivity contribution in [3.63, 3.8) is 0 Å². The van der Waals surface area contributed by atoms with Crippen molar-refractivity contribution in [2.75, 3.05) is 47.2 Å². The second kappa shape index (κ2) is 10.0. The number of nitrogens with two attached hydrogens (primary N) is 1. The molecule has 2 aromatic rings. The van der Waals surface area contributed by atoms with Crippen LogP contribution in [0.15, 0.2) is 45.3 Å². The molecule has 3 aliphatic rings. The van der Waals surface area contributed by atoms with Gasteiger partial charge in [-0.1, -0.05) is 0 Å². The van der Waals surface area contributed by atoms with Crippen LogP contribution in [0.1, 0.15) is 28.1 Å². The molecule has 0 radical (unpaired) electrons. The van der Waals surface area contributed by atoms with Crippen molar-refractivity contribution in [2.24, 2.45) is 17.6 Å². The number of hydrogen-bond acceptors (Lipinski definition) is 11. The zero-order valence-electron chi connectivity index (χ0n) is 24.4. The molecule has 6 N–H and O–H groups in total. The smallest absolute Gasteiger partial charge is 0.255 e. The van der Waals surface area contributed by atoms with E-state index in [1.165, 1.54) is 4.90 Å². The van der Waals surface area contributed by atoms with Gasteiger partial charge in [-0.25, -0.2) is 0 Å². The highest BCUT2D eigenvalue weighted by Gasteiger charge is 2.63. The number of phenols is 1. The summed E-state index contributed by atoms with van der Waals surface area (Å²) in [5.74, 6) is -5.88. The normalized spacial score (nSPS) is 25.6. The third-order valence-corrected chi connectivity index (χ3v) is 8.58. The summed E-state index contributed by atoms with van der Waals surface area (Å²) in [5.41, 5.74) is 3.06. The molecule has 1 aromatic heterocycles. The second-order valence-electron chi connectivity index (χ2n) is 12.0. The molecule has 1 amide bonds. The Morgan fingerprint density at radius 1 is 1.10 bits per heavy atom. The predicted octanol–water partition coefficient (Wildman–Crippen LogP) is 1.51. The minimum atomic E-state index is -2.69. The number of hydrogen-bond donors (Lipinski definition) is 5. The number of ketones is 2. The van der Waals surface area contributed by atoms with E-state index in [9.17, 15) is 34.8 Å². The number of nitrogens with zero attached hydrogens (tertiary/aromatic N) is 3. The molecule has 12 nitrogen and oxygen atoms in total. The first-order valence-electron chi connectivity index (χ1n) is 13.6. The maximum atomic E-state index is 14.2. The molecule has 12 heteroatoms. The zero-order valence-corrected chi connectivity index (χ0v) is 24.4. The largest absolute Gasteiger partial charge is 0.510 e. The van der Waals surface area contributed by atoms with E-state index in [4.69, 9.17) is 10.2 Å². The van der Waals surface area contributed by atoms with Crippen LogP contribution < -0.4 is 10.6 Å². The number of aliphatic hydroxyl groups is 3. The number of primary amides is 1. The van der Waals surface area contributed by atoms with Gasteiger partial charge in [-0.3, -0.25) is 19.3 Å². The number of fused-ring (bicyclic) bond motifs is 3. The number of Topliss-reactive ketones (excluding diaryl/α,β-unsaturated/α-hetero) is 2. The van der Waals surface area contributed by atoms with Crippen molar-refractivity contribution in [1.82, 2.24) is 9.80 Å². The highest BCUT2D eigenvalue weighted by Crippen LogP contribution is 2.54. The number of rotatable bonds is 6. The van der Waals surface area contributed by atoms with Crippen molar-refractivity contribution in [1.29, 1.82) is 0 Å². The summed E-state index contributed by atoms with van der Waals surface area (Å²) in [4.78, 5) is 45.1. The summed E-state index contributed by atoms with van der Waals surface area (Å²) in [5, 5.41) is 45.8. The van der Waals surface area contributed by atoms with E-state index < -0.39 is 58.0 Å². The monoisotopic (exact) mass is 580 g/mol. The molecule has 0 saturated carbocycles. The molecule has 0 saturated heterocycles. The molecule has 224 valence electrons. The van der Waals surface area contributed by atoms with Crippen LogP contribution in [-0.4, -0.2) is 102 Å². The van der Waals surface area contributed by atoms with Gasteiger partial charge in [0.25, 0.3) is 5.91 Å². The minimum absolute atomic E-state index is 0.0211. The lowest BCUT2D eigenvalue weighted by Gasteiger charge is -2.50. The maximum Gasteiger partial charge on any atom is 0.255 e. The van der Waals surface area contributed by atoms with E-state index in [1.54, 1.807) is 46.4 Å². The molecule has 0 fully saturated rings. The van der Waals surface area contributed by atoms with Gasteiger partial charge in [-0.05, 0) is 70.7 Å². The molecular weight excluding hydrogens is 544 g/mol. The van der Waals surface area contributed by atoms with Crippen LogP contribution in [0.5, 0.6) is 5.75 Å². The number of likely N-dealkylation sites (N-methyl/N-ethyl adjacent to an activating group) is 1. The van der Waals surface area contributed by atoms with E-state index in [-0.39, 0.29) is 35.3 Å². The number of allylic oxidation sites excluding steroid dienone is 1. The lowest BCUT2D eigenvalue weighted by Crippen LogP contribution is -2.63. The van der Waals surface area contributed by atoms with E-state index in [2.05, 4.69) is 0 Å². The number of amides is 1. The number of furan rings is 1. The standard InChI is InChI=1S/C30H36N4O8/c1-32(2)12-14-7-8-19(42-14)16-11-18(33(3)4)15-9-13-10-17-23(34(5)6)26(37)22(29(31)40)28(39)30(17,41)27(38)20(13)25(36)21(15)24(16)35/h7-8,11,13,17,23,35,37-38,41H,9-10,12H2,1-6H3,(H2,31,40)/t13-,17-,23?,30-/m0/s1. The van der Waals surface area contributed by atoms with Crippen LogP contribution in [0.25, 0.3) is 11.3 Å². The third-order valence-electron chi connectivity index (χ3n) is 8.58. The number of benzene rings is 1. The van der Waals surface area contributed by atoms with Crippen LogP contribution in [0, 0.1) is 11.8 Å². The number of aliphatic hydroxyl groups excluding tert-OH is 2. The van der Waals surface area contributed by atoms with Gasteiger partial charge in [-0.15, -0.1) is 0 Å². The first kappa shape index (κ1) is 29.4. The Bertz CT molecular complexity index is 1580. The first-order valence-corrected chi connectivity index (χ1v) is 13.6. The molecule has 1 unspecified atom stereocenters. The summed E-state index contributed by atoms with van der Waals surface area (Å²) in [6.45, 7) is 0.520. The summed E-state index contributed by atoms with van der Waals surface area (Å²) in [6, 6.07) is 4.18. The van der Waals surface area contributed by atoms with Crippen LogP contribution in [0.3, 0.4) is 0 Å². The predicted molar refractivity (Wildman–Crippen MR) is 153 cm³/mol. The molecule has 0 bridgehead atoms. The average Bonchev–Trinajstić information content (AvgIpc) is 3.33. The lowest BCUT2D eigenvalue weighted by molar-refractivity contribution is -0.148. The van der Waals surface area contributed by atoms with E-state index in [0.29, 0.717) is 29.3 Å². The van der Waals surface area contributed by atoms with Crippen molar-refractivity contribution >= 4 is 23.2 Å². The number of carbonyl (C=O) groups excluding carboxylic acids is 3. The molecular formula is C30H36N4O8. The van der Waals surface area contributed by atoms with Crippen molar-refractivity contribution < 1.29 is 39.2 Å². The summed E-state index contributed by atoms with van der Waals surface area (Å²) < 4.78 is 5.97. The summed E-state index contributed by atoms with van der Waals surface area (Å²) in [6.07, 6.45) is 0.215. The fourth-order valence-electron chi connectivity index (χ4n) is 6.81. The highest BCUT2D eigenvalue weighted by molar-refractivity contribution is 6.25. The Morgan fingerprint density at radius 3 is 2.33 bits per heavy atom. The number of anilines is 1. The van der Waals surface area contributed by atoms with Gasteiger partial charge in [0.15, 0.2) is 11.4 Å². The zero-order chi connectivity index (χ0) is 31.0. The second-order valence-corrected chi connectivity index (χ2v) is 12.0. The molecule has 0 aliphatic heterocycles. The van der Waals surface area contributed by atoms with Gasteiger partial charge < -0.3 is 40.4 Å². The lowest BCUT2D eigenvalue weighted by atomic mass is 9.58. The maximum absolute atomic E-state index is 14.2. The van der Waals surface area contributed by atoms with Gasteiger partial charge in [0, 0.05) is 31.3 Å². The Morgan fingerprint density at radius 2 is 1.76 bits per heavy atom. The number of aromatic hydroxyl groups is 1. The van der Waals surface area contributed by atoms with Crippen molar-refractivity contribution in [3.8, 4) is 17.1 Å². The Labute approximate surface area is 242 Å². The van der Waals surface area contributed by atoms with Crippen LogP contribution >= 0.6 is 0 Å². The van der Waals surface area contributed by atoms with Crippen LogP contribution in [0.4, 0.5) is 5.69 Å². The van der Waals surface area contributed by atoms with E-state index in [1.807, 2.05) is 23.9 Å². The molecule has 3 aliphatic carbocycles. The fraction of sp³-hybridized carbons (Fsp3) is 0.433. The summed E-state index contributed by atoms with van der Waals surface area (Å²) >= 11 is 0. The quantitative estimate of drug-likeness (QED) is 0.313. The molecule has 4 atom stereocenters. The number of phenolic OH excluding ortho intramolecular Hbond substituents is 1. The topological polar surface area (TPSA) is 181 Å². The van der Waals surface area contributed by atoms with Crippen LogP contribution in [-0.2, 0) is 22.6 Å². The van der Waals surface area contributed by atoms with Crippen LogP contribution in [0.2, 0.25) is 0 Å². The Hall–Kier alpha value is -4.13. The average molecular weight is 581 g/mol. The molecule has 42 heavy (non-hydrogen) atoms. The van der Waals surface area contributed by atoms with Gasteiger partial charge in [0.05, 0.1) is 23.7 Å². The summed E-state index contributed by atoms with van der Waals surface area (Å²) in [7, 11) is 10.6. The first-order chi connectivity index (χ1) is 19.6. The molecule has 0 spiro atoms. The third kappa shape index (κ3) is 4.12. The van der Waals surface area contributed by atoms with Crippen molar-refractivity contribution in [3.05, 3.63) is 57.8 Å². The van der Waals surface area contributed by atoms with Gasteiger partial charge in [0.2, 0.25) is 5.78 Å². The number of carbonyl (C=O) groups is 3. The SMILES string of the molecule is CN(C)Cc1ccc(-c2cc(N(C)C)c3c(c2O)C(=O)C2=C(O)[C@]4(O)C(=O)C(C(N)=O)=C(O)C(N(C)C)[C@@H]4C[C@@H]2C3)o1. The Balaban J connectivity index is 1.71. The minimum Gasteiger partial charge on any atom is -0.510 e.